The molecule has 0 fully saturated rings. The Labute approximate surface area is 269 Å². The van der Waals surface area contributed by atoms with E-state index < -0.39 is 0 Å². The third-order valence-electron chi connectivity index (χ3n) is 5.95. The summed E-state index contributed by atoms with van der Waals surface area (Å²) in [5.74, 6) is 1.05. The van der Waals surface area contributed by atoms with Crippen LogP contribution < -0.4 is 16.8 Å². The summed E-state index contributed by atoms with van der Waals surface area (Å²) in [6.07, 6.45) is 7.60. The van der Waals surface area contributed by atoms with Crippen LogP contribution in [-0.4, -0.2) is 24.9 Å². The Balaban J connectivity index is -0.000000285. The molecule has 3 atom stereocenters. The van der Waals surface area contributed by atoms with Gasteiger partial charge in [0.25, 0.3) is 0 Å². The van der Waals surface area contributed by atoms with Crippen molar-refractivity contribution in [1.82, 2.24) is 5.32 Å². The Hall–Kier alpha value is -2.43. The van der Waals surface area contributed by atoms with Crippen LogP contribution in [0.25, 0.3) is 10.8 Å². The number of rotatable bonds is 13. The minimum atomic E-state index is -0.0971. The molecule has 250 valence electrons. The average molecular weight is 600 g/mol. The predicted molar refractivity (Wildman–Crippen MR) is 199 cm³/mol. The van der Waals surface area contributed by atoms with Gasteiger partial charge in [-0.2, -0.15) is 0 Å². The van der Waals surface area contributed by atoms with E-state index in [0.717, 1.165) is 43.5 Å². The predicted octanol–water partition coefficient (Wildman–Crippen LogP) is 10.6. The number of hydrogen-bond donors (Lipinski definition) is 3. The first-order valence-electron chi connectivity index (χ1n) is 17.0. The Kier molecular flexibility index (Phi) is 37.6. The standard InChI is InChI=1S/C18H22N2.C11H23NO.2C3H8.2C2H6/c1-13(2)12-20-14(3)18(19)11-16-9-6-8-15-7-4-5-10-17(15)16;1-4-5-6-11(10(3)13)7-9(2)8-12;2*1-3-2;2*1-2/h4-10,18,20H,1,3,11-12,19H2,2H3;9,11H,4-8,12H2,1-3H3;2*3H2,1-2H3;2*1-2H3. The quantitative estimate of drug-likeness (QED) is 0.200. The highest BCUT2D eigenvalue weighted by atomic mass is 16.1. The summed E-state index contributed by atoms with van der Waals surface area (Å²) in [5, 5.41) is 5.74. The van der Waals surface area contributed by atoms with Crippen molar-refractivity contribution >= 4 is 16.6 Å². The van der Waals surface area contributed by atoms with E-state index in [1.165, 1.54) is 35.6 Å². The molecular weight excluding hydrogens is 526 g/mol. The lowest BCUT2D eigenvalue weighted by Crippen LogP contribution is -2.33. The van der Waals surface area contributed by atoms with E-state index in [2.05, 4.69) is 102 Å². The summed E-state index contributed by atoms with van der Waals surface area (Å²) in [5.41, 5.74) is 15.0. The van der Waals surface area contributed by atoms with Crippen LogP contribution in [0.15, 0.2) is 66.9 Å². The lowest BCUT2D eigenvalue weighted by atomic mass is 9.89. The molecule has 0 saturated carbocycles. The highest BCUT2D eigenvalue weighted by Gasteiger charge is 2.16. The van der Waals surface area contributed by atoms with Crippen LogP contribution in [-0.2, 0) is 11.2 Å². The van der Waals surface area contributed by atoms with E-state index >= 15 is 0 Å². The lowest BCUT2D eigenvalue weighted by Gasteiger charge is -2.18. The second-order valence-electron chi connectivity index (χ2n) is 10.7. The van der Waals surface area contributed by atoms with Gasteiger partial charge in [0.2, 0.25) is 0 Å². The van der Waals surface area contributed by atoms with Gasteiger partial charge in [0.1, 0.15) is 5.78 Å². The first kappa shape index (κ1) is 47.5. The first-order valence-corrected chi connectivity index (χ1v) is 17.0. The lowest BCUT2D eigenvalue weighted by molar-refractivity contribution is -0.121. The molecule has 0 heterocycles. The number of unbranched alkanes of at least 4 members (excludes halogenated alkanes) is 1. The molecule has 43 heavy (non-hydrogen) atoms. The molecule has 0 aromatic heterocycles. The van der Waals surface area contributed by atoms with E-state index in [1.807, 2.05) is 34.6 Å². The molecule has 0 aliphatic carbocycles. The number of nitrogens with two attached hydrogens (primary N) is 2. The molecule has 4 nitrogen and oxygen atoms in total. The molecule has 0 amide bonds. The summed E-state index contributed by atoms with van der Waals surface area (Å²) in [4.78, 5) is 11.3. The molecule has 0 aliphatic heterocycles. The maximum atomic E-state index is 11.3. The highest BCUT2D eigenvalue weighted by molar-refractivity contribution is 5.85. The number of benzene rings is 2. The van der Waals surface area contributed by atoms with Gasteiger partial charge in [-0.1, -0.05) is 156 Å². The van der Waals surface area contributed by atoms with E-state index in [9.17, 15) is 4.79 Å². The van der Waals surface area contributed by atoms with Gasteiger partial charge in [-0.15, -0.1) is 0 Å². The van der Waals surface area contributed by atoms with Crippen LogP contribution in [0, 0.1) is 11.8 Å². The maximum Gasteiger partial charge on any atom is 0.132 e. The van der Waals surface area contributed by atoms with Gasteiger partial charge in [0, 0.05) is 24.2 Å². The van der Waals surface area contributed by atoms with E-state index in [0.29, 0.717) is 18.2 Å². The van der Waals surface area contributed by atoms with Crippen LogP contribution in [0.1, 0.15) is 127 Å². The normalized spacial score (nSPS) is 11.4. The zero-order valence-electron chi connectivity index (χ0n) is 30.6. The molecule has 0 saturated heterocycles. The molecule has 2 rings (SSSR count). The third kappa shape index (κ3) is 26.9. The maximum absolute atomic E-state index is 11.3. The molecule has 0 radical (unpaired) electrons. The molecule has 5 N–H and O–H groups in total. The average Bonchev–Trinajstić information content (AvgIpc) is 3.01. The Morgan fingerprint density at radius 3 is 1.86 bits per heavy atom. The summed E-state index contributed by atoms with van der Waals surface area (Å²) >= 11 is 0. The van der Waals surface area contributed by atoms with Crippen LogP contribution in [0.3, 0.4) is 0 Å². The van der Waals surface area contributed by atoms with Crippen molar-refractivity contribution in [3.05, 3.63) is 72.5 Å². The van der Waals surface area contributed by atoms with E-state index in [-0.39, 0.29) is 12.0 Å². The van der Waals surface area contributed by atoms with Crippen LogP contribution in [0.4, 0.5) is 0 Å². The molecule has 0 spiro atoms. The van der Waals surface area contributed by atoms with Gasteiger partial charge >= 0.3 is 0 Å². The zero-order valence-corrected chi connectivity index (χ0v) is 30.6. The summed E-state index contributed by atoms with van der Waals surface area (Å²) < 4.78 is 0. The molecular formula is C39H73N3O. The van der Waals surface area contributed by atoms with Gasteiger partial charge in [-0.05, 0) is 61.9 Å². The van der Waals surface area contributed by atoms with Gasteiger partial charge in [0.15, 0.2) is 0 Å². The fourth-order valence-electron chi connectivity index (χ4n) is 3.75. The number of carbonyl (C=O) groups excluding carboxylic acids is 1. The van der Waals surface area contributed by atoms with Crippen molar-refractivity contribution in [3.8, 4) is 0 Å². The molecule has 0 aliphatic rings. The van der Waals surface area contributed by atoms with Gasteiger partial charge in [0.05, 0.1) is 0 Å². The smallest absolute Gasteiger partial charge is 0.132 e. The molecule has 2 aromatic rings. The monoisotopic (exact) mass is 600 g/mol. The minimum Gasteiger partial charge on any atom is -0.384 e. The topological polar surface area (TPSA) is 81.1 Å². The summed E-state index contributed by atoms with van der Waals surface area (Å²) in [6, 6.07) is 14.6. The largest absolute Gasteiger partial charge is 0.384 e. The summed E-state index contributed by atoms with van der Waals surface area (Å²) in [7, 11) is 0. The SMILES string of the molecule is C=C(C)CNC(=C)C(N)Cc1cccc2ccccc12.CC.CC.CCC.CCC.CCCCC(CC(C)CN)C(C)=O. The number of ketones is 1. The Morgan fingerprint density at radius 1 is 0.884 bits per heavy atom. The fourth-order valence-corrected chi connectivity index (χ4v) is 3.75. The number of hydrogen-bond acceptors (Lipinski definition) is 4. The Morgan fingerprint density at radius 2 is 1.40 bits per heavy atom. The third-order valence-corrected chi connectivity index (χ3v) is 5.95. The summed E-state index contributed by atoms with van der Waals surface area (Å²) in [6.45, 7) is 33.8. The number of Topliss-reactive ketones (excluding diaryl/α,β-unsaturated/α-hetero) is 1. The molecule has 2 aromatic carbocycles. The van der Waals surface area contributed by atoms with Crippen molar-refractivity contribution in [1.29, 1.82) is 0 Å². The van der Waals surface area contributed by atoms with Crippen molar-refractivity contribution in [2.24, 2.45) is 23.3 Å². The van der Waals surface area contributed by atoms with Gasteiger partial charge < -0.3 is 16.8 Å². The van der Waals surface area contributed by atoms with E-state index in [1.54, 1.807) is 6.92 Å². The number of nitrogens with one attached hydrogen (secondary N) is 1. The van der Waals surface area contributed by atoms with Crippen molar-refractivity contribution in [2.45, 2.75) is 134 Å². The van der Waals surface area contributed by atoms with Crippen molar-refractivity contribution < 1.29 is 4.79 Å². The second kappa shape index (κ2) is 34.1. The zero-order chi connectivity index (χ0) is 34.2. The van der Waals surface area contributed by atoms with Gasteiger partial charge in [-0.3, -0.25) is 4.79 Å². The molecule has 0 bridgehead atoms. The van der Waals surface area contributed by atoms with Crippen LogP contribution in [0.5, 0.6) is 0 Å². The number of carbonyl (C=O) groups is 1. The van der Waals surface area contributed by atoms with E-state index in [4.69, 9.17) is 11.5 Å². The fraction of sp³-hybridized carbons (Fsp3) is 0.615. The molecule has 3 unspecified atom stereocenters. The molecule has 4 heteroatoms. The van der Waals surface area contributed by atoms with Crippen LogP contribution >= 0.6 is 0 Å². The minimum absolute atomic E-state index is 0.0971. The van der Waals surface area contributed by atoms with Crippen molar-refractivity contribution in [3.63, 3.8) is 0 Å². The number of fused-ring (bicyclic) bond motifs is 1. The van der Waals surface area contributed by atoms with Gasteiger partial charge in [-0.25, -0.2) is 0 Å². The second-order valence-corrected chi connectivity index (χ2v) is 10.7. The highest BCUT2D eigenvalue weighted by Crippen LogP contribution is 2.20. The van der Waals surface area contributed by atoms with Crippen molar-refractivity contribution in [2.75, 3.05) is 13.1 Å². The Bertz CT molecular complexity index is 914. The van der Waals surface area contributed by atoms with Crippen LogP contribution in [0.2, 0.25) is 0 Å². The first-order chi connectivity index (χ1) is 20.5.